The minimum atomic E-state index is -0.315. The molecule has 0 fully saturated rings. The fourth-order valence-electron chi connectivity index (χ4n) is 3.18. The molecule has 6 nitrogen and oxygen atoms in total. The van der Waals surface area contributed by atoms with Crippen LogP contribution in [0, 0.1) is 11.3 Å². The predicted molar refractivity (Wildman–Crippen MR) is 111 cm³/mol. The molecule has 150 valence electrons. The van der Waals surface area contributed by atoms with Crippen LogP contribution in [0.25, 0.3) is 0 Å². The van der Waals surface area contributed by atoms with Gasteiger partial charge in [0.15, 0.2) is 0 Å². The van der Waals surface area contributed by atoms with Crippen molar-refractivity contribution in [2.24, 2.45) is 0 Å². The van der Waals surface area contributed by atoms with Crippen LogP contribution < -0.4 is 10.1 Å². The predicted octanol–water partition coefficient (Wildman–Crippen LogP) is 3.42. The summed E-state index contributed by atoms with van der Waals surface area (Å²) in [5, 5.41) is 13.0. The first kappa shape index (κ1) is 21.8. The van der Waals surface area contributed by atoms with E-state index in [2.05, 4.69) is 11.4 Å². The summed E-state index contributed by atoms with van der Waals surface area (Å²) in [6, 6.07) is 9.63. The third kappa shape index (κ3) is 5.52. The van der Waals surface area contributed by atoms with Gasteiger partial charge in [-0.25, -0.2) is 0 Å². The van der Waals surface area contributed by atoms with Gasteiger partial charge in [0.05, 0.1) is 29.5 Å². The zero-order chi connectivity index (χ0) is 20.5. The van der Waals surface area contributed by atoms with Gasteiger partial charge in [-0.2, -0.15) is 5.26 Å². The van der Waals surface area contributed by atoms with Gasteiger partial charge >= 0.3 is 0 Å². The Balaban J connectivity index is 2.20. The van der Waals surface area contributed by atoms with Crippen molar-refractivity contribution in [2.75, 3.05) is 26.0 Å². The molecule has 1 atom stereocenters. The fourth-order valence-corrected chi connectivity index (χ4v) is 4.16. The number of methoxy groups -OCH3 is 1. The Morgan fingerprint density at radius 3 is 2.46 bits per heavy atom. The van der Waals surface area contributed by atoms with E-state index in [1.165, 1.54) is 11.8 Å². The molecule has 0 aromatic heterocycles. The maximum absolute atomic E-state index is 12.5. The van der Waals surface area contributed by atoms with Gasteiger partial charge in [0.2, 0.25) is 11.8 Å². The van der Waals surface area contributed by atoms with Crippen molar-refractivity contribution >= 4 is 23.6 Å². The van der Waals surface area contributed by atoms with E-state index < -0.39 is 0 Å². The van der Waals surface area contributed by atoms with Crippen LogP contribution in [-0.2, 0) is 9.59 Å². The van der Waals surface area contributed by atoms with Gasteiger partial charge in [0, 0.05) is 25.4 Å². The number of nitrogens with zero attached hydrogens (tertiary/aromatic N) is 2. The summed E-state index contributed by atoms with van der Waals surface area (Å²) in [6.45, 7) is 5.52. The van der Waals surface area contributed by atoms with Crippen LogP contribution in [0.2, 0.25) is 0 Å². The van der Waals surface area contributed by atoms with Gasteiger partial charge in [-0.1, -0.05) is 37.7 Å². The van der Waals surface area contributed by atoms with E-state index in [4.69, 9.17) is 4.74 Å². The smallest absolute Gasteiger partial charge is 0.232 e. The van der Waals surface area contributed by atoms with Crippen LogP contribution in [-0.4, -0.2) is 42.7 Å². The molecule has 28 heavy (non-hydrogen) atoms. The maximum Gasteiger partial charge on any atom is 0.232 e. The molecule has 0 bridgehead atoms. The Labute approximate surface area is 170 Å². The molecule has 7 heteroatoms. The average molecular weight is 402 g/mol. The number of hydrogen-bond donors (Lipinski definition) is 1. The molecule has 1 aromatic rings. The van der Waals surface area contributed by atoms with E-state index in [0.717, 1.165) is 37.2 Å². The number of carbonyl (C=O) groups excluding carboxylic acids is 2. The summed E-state index contributed by atoms with van der Waals surface area (Å²) in [6.07, 6.45) is 2.02. The number of benzene rings is 1. The molecule has 1 N–H and O–H groups in total. The van der Waals surface area contributed by atoms with Gasteiger partial charge in [0.25, 0.3) is 0 Å². The van der Waals surface area contributed by atoms with Crippen molar-refractivity contribution in [3.63, 3.8) is 0 Å². The standard InChI is InChI=1S/C21H27N3O3S/c1-4-10-24(11-5-2)20(26)14-28-21-18(13-22)17(12-19(25)23-21)15-6-8-16(27-3)9-7-15/h6-9,17H,4-5,10-12,14H2,1-3H3,(H,23,25)/t17-/m1/s1. The first-order valence-electron chi connectivity index (χ1n) is 9.52. The van der Waals surface area contributed by atoms with Crippen molar-refractivity contribution in [3.8, 4) is 11.8 Å². The van der Waals surface area contributed by atoms with Crippen LogP contribution in [0.1, 0.15) is 44.6 Å². The monoisotopic (exact) mass is 401 g/mol. The summed E-state index contributed by atoms with van der Waals surface area (Å²) in [5.74, 6) is 0.493. The molecule has 0 aliphatic carbocycles. The van der Waals surface area contributed by atoms with Gasteiger partial charge in [-0.05, 0) is 30.5 Å². The van der Waals surface area contributed by atoms with Gasteiger partial charge in [-0.15, -0.1) is 0 Å². The second kappa shape index (κ2) is 10.8. The zero-order valence-corrected chi connectivity index (χ0v) is 17.5. The lowest BCUT2D eigenvalue weighted by Crippen LogP contribution is -2.35. The number of ether oxygens (including phenoxy) is 1. The highest BCUT2D eigenvalue weighted by molar-refractivity contribution is 8.03. The molecule has 2 rings (SSSR count). The second-order valence-corrected chi connectivity index (χ2v) is 7.59. The molecule has 0 radical (unpaired) electrons. The van der Waals surface area contributed by atoms with Gasteiger partial charge in [0.1, 0.15) is 5.75 Å². The fraction of sp³-hybridized carbons (Fsp3) is 0.476. The Morgan fingerprint density at radius 2 is 1.93 bits per heavy atom. The van der Waals surface area contributed by atoms with E-state index in [9.17, 15) is 14.9 Å². The van der Waals surface area contributed by atoms with Crippen LogP contribution in [0.3, 0.4) is 0 Å². The highest BCUT2D eigenvalue weighted by atomic mass is 32.2. The zero-order valence-electron chi connectivity index (χ0n) is 16.7. The van der Waals surface area contributed by atoms with Crippen LogP contribution in [0.4, 0.5) is 0 Å². The molecule has 2 amide bonds. The molecule has 0 unspecified atom stereocenters. The average Bonchev–Trinajstić information content (AvgIpc) is 2.71. The Bertz CT molecular complexity index is 762. The normalized spacial score (nSPS) is 16.4. The van der Waals surface area contributed by atoms with Crippen LogP contribution in [0.5, 0.6) is 5.75 Å². The molecule has 1 aromatic carbocycles. The van der Waals surface area contributed by atoms with E-state index in [0.29, 0.717) is 10.6 Å². The van der Waals surface area contributed by atoms with Gasteiger partial charge < -0.3 is 15.0 Å². The molecular formula is C21H27N3O3S. The summed E-state index contributed by atoms with van der Waals surface area (Å²) < 4.78 is 5.18. The first-order chi connectivity index (χ1) is 13.5. The largest absolute Gasteiger partial charge is 0.497 e. The SMILES string of the molecule is CCCN(CCC)C(=O)CSC1=C(C#N)[C@@H](c2ccc(OC)cc2)CC(=O)N1. The van der Waals surface area contributed by atoms with E-state index >= 15 is 0 Å². The highest BCUT2D eigenvalue weighted by Gasteiger charge is 2.30. The lowest BCUT2D eigenvalue weighted by molar-refractivity contribution is -0.128. The van der Waals surface area contributed by atoms with Crippen LogP contribution >= 0.6 is 11.8 Å². The summed E-state index contributed by atoms with van der Waals surface area (Å²) >= 11 is 1.24. The number of amides is 2. The minimum Gasteiger partial charge on any atom is -0.497 e. The highest BCUT2D eigenvalue weighted by Crippen LogP contribution is 2.36. The number of carbonyl (C=O) groups is 2. The van der Waals surface area contributed by atoms with Crippen molar-refractivity contribution in [3.05, 3.63) is 40.4 Å². The molecular weight excluding hydrogens is 374 g/mol. The summed E-state index contributed by atoms with van der Waals surface area (Å²) in [4.78, 5) is 26.6. The van der Waals surface area contributed by atoms with Crippen molar-refractivity contribution in [1.82, 2.24) is 10.2 Å². The summed E-state index contributed by atoms with van der Waals surface area (Å²) in [5.41, 5.74) is 1.38. The third-order valence-electron chi connectivity index (χ3n) is 4.55. The van der Waals surface area contributed by atoms with Crippen molar-refractivity contribution in [2.45, 2.75) is 39.0 Å². The number of rotatable bonds is 9. The number of allylic oxidation sites excluding steroid dienone is 1. The van der Waals surface area contributed by atoms with Gasteiger partial charge in [-0.3, -0.25) is 9.59 Å². The van der Waals surface area contributed by atoms with Crippen LogP contribution in [0.15, 0.2) is 34.9 Å². The lowest BCUT2D eigenvalue weighted by Gasteiger charge is -2.26. The molecule has 1 aliphatic rings. The number of nitriles is 1. The number of hydrogen-bond acceptors (Lipinski definition) is 5. The molecule has 0 saturated heterocycles. The summed E-state index contributed by atoms with van der Waals surface area (Å²) in [7, 11) is 1.59. The first-order valence-corrected chi connectivity index (χ1v) is 10.5. The third-order valence-corrected chi connectivity index (χ3v) is 5.56. The number of nitrogens with one attached hydrogen (secondary N) is 1. The lowest BCUT2D eigenvalue weighted by atomic mass is 9.87. The molecule has 0 spiro atoms. The quantitative estimate of drug-likeness (QED) is 0.686. The second-order valence-electron chi connectivity index (χ2n) is 6.60. The molecule has 1 heterocycles. The van der Waals surface area contributed by atoms with E-state index in [-0.39, 0.29) is 29.9 Å². The molecule has 0 saturated carbocycles. The topological polar surface area (TPSA) is 82.4 Å². The Kier molecular flexibility index (Phi) is 8.40. The van der Waals surface area contributed by atoms with Crippen molar-refractivity contribution in [1.29, 1.82) is 5.26 Å². The van der Waals surface area contributed by atoms with E-state index in [1.54, 1.807) is 7.11 Å². The maximum atomic E-state index is 12.5. The Hall–Kier alpha value is -2.46. The number of thioether (sulfide) groups is 1. The molecule has 1 aliphatic heterocycles. The van der Waals surface area contributed by atoms with E-state index in [1.807, 2.05) is 43.0 Å². The van der Waals surface area contributed by atoms with Crippen molar-refractivity contribution < 1.29 is 14.3 Å². The Morgan fingerprint density at radius 1 is 1.29 bits per heavy atom. The minimum absolute atomic E-state index is 0.0271.